The molecule has 36 heavy (non-hydrogen) atoms. The summed E-state index contributed by atoms with van der Waals surface area (Å²) < 4.78 is 12.0. The molecule has 0 spiro atoms. The Kier molecular flexibility index (Phi) is 7.89. The van der Waals surface area contributed by atoms with E-state index >= 15 is 0 Å². The second-order valence-electron chi connectivity index (χ2n) is 7.75. The van der Waals surface area contributed by atoms with Crippen LogP contribution in [-0.2, 0) is 6.61 Å². The number of aliphatic hydroxyl groups is 1. The van der Waals surface area contributed by atoms with E-state index in [1.165, 1.54) is 17.5 Å². The molecule has 186 valence electrons. The van der Waals surface area contributed by atoms with E-state index in [9.17, 15) is 9.59 Å². The number of aryl methyl sites for hydroxylation is 1. The van der Waals surface area contributed by atoms with Crippen LogP contribution in [0, 0.1) is 6.92 Å². The zero-order chi connectivity index (χ0) is 25.7. The number of rotatable bonds is 8. The van der Waals surface area contributed by atoms with Crippen LogP contribution in [0.25, 0.3) is 10.1 Å². The highest BCUT2D eigenvalue weighted by atomic mass is 35.5. The van der Waals surface area contributed by atoms with Gasteiger partial charge in [0.15, 0.2) is 5.75 Å². The van der Waals surface area contributed by atoms with Crippen LogP contribution < -0.4 is 25.8 Å². The lowest BCUT2D eigenvalue weighted by Gasteiger charge is -2.12. The fourth-order valence-electron chi connectivity index (χ4n) is 3.40. The molecule has 0 aliphatic carbocycles. The second-order valence-corrected chi connectivity index (χ2v) is 9.06. The normalized spacial score (nSPS) is 10.8. The van der Waals surface area contributed by atoms with E-state index in [2.05, 4.69) is 15.6 Å². The lowest BCUT2D eigenvalue weighted by atomic mass is 10.1. The van der Waals surface area contributed by atoms with Crippen LogP contribution in [0.4, 0.5) is 16.3 Å². The minimum absolute atomic E-state index is 0.0753. The van der Waals surface area contributed by atoms with Crippen LogP contribution in [0.5, 0.6) is 11.5 Å². The van der Waals surface area contributed by atoms with Gasteiger partial charge < -0.3 is 30.9 Å². The van der Waals surface area contributed by atoms with Crippen molar-refractivity contribution in [1.29, 1.82) is 0 Å². The van der Waals surface area contributed by atoms with Crippen molar-refractivity contribution in [3.8, 4) is 11.5 Å². The number of nitrogens with one attached hydrogen (secondary N) is 2. The largest absolute Gasteiger partial charge is 0.489 e. The highest BCUT2D eigenvalue weighted by molar-refractivity contribution is 7.17. The van der Waals surface area contributed by atoms with Crippen molar-refractivity contribution in [2.75, 3.05) is 24.2 Å². The average Bonchev–Trinajstić information content (AvgIpc) is 3.30. The molecule has 9 nitrogen and oxygen atoms in total. The van der Waals surface area contributed by atoms with Gasteiger partial charge in [0, 0.05) is 39.8 Å². The van der Waals surface area contributed by atoms with Crippen molar-refractivity contribution in [2.24, 2.45) is 0 Å². The molecule has 11 heteroatoms. The third kappa shape index (κ3) is 5.85. The van der Waals surface area contributed by atoms with Gasteiger partial charge in [-0.25, -0.2) is 9.78 Å². The summed E-state index contributed by atoms with van der Waals surface area (Å²) in [4.78, 5) is 28.6. The summed E-state index contributed by atoms with van der Waals surface area (Å²) in [7, 11) is 0. The number of thiophene rings is 1. The van der Waals surface area contributed by atoms with E-state index in [0.29, 0.717) is 32.1 Å². The van der Waals surface area contributed by atoms with Crippen LogP contribution in [0.1, 0.15) is 21.5 Å². The second kappa shape index (κ2) is 11.3. The topological polar surface area (TPSA) is 136 Å². The van der Waals surface area contributed by atoms with E-state index in [4.69, 9.17) is 31.9 Å². The molecule has 0 aliphatic rings. The number of nitrogen functional groups attached to an aromatic ring is 1. The maximum atomic E-state index is 12.6. The van der Waals surface area contributed by atoms with Gasteiger partial charge in [-0.15, -0.1) is 11.3 Å². The number of anilines is 2. The average molecular weight is 527 g/mol. The molecule has 5 N–H and O–H groups in total. The Morgan fingerprint density at radius 1 is 1.19 bits per heavy atom. The Balaban J connectivity index is 1.50. The van der Waals surface area contributed by atoms with Gasteiger partial charge in [-0.2, -0.15) is 0 Å². The lowest BCUT2D eigenvalue weighted by molar-refractivity contribution is 0.102. The summed E-state index contributed by atoms with van der Waals surface area (Å²) in [6.07, 6.45) is 0.684. The van der Waals surface area contributed by atoms with E-state index in [-0.39, 0.29) is 37.2 Å². The van der Waals surface area contributed by atoms with Crippen LogP contribution in [-0.4, -0.2) is 35.2 Å². The molecule has 0 saturated heterocycles. The van der Waals surface area contributed by atoms with E-state index in [1.807, 2.05) is 18.4 Å². The summed E-state index contributed by atoms with van der Waals surface area (Å²) >= 11 is 7.33. The Labute approximate surface area is 215 Å². The molecule has 0 bridgehead atoms. The third-order valence-electron chi connectivity index (χ3n) is 5.17. The number of nitrogens with zero attached hydrogens (tertiary/aromatic N) is 1. The number of pyridine rings is 1. The number of amides is 2. The number of hydrogen-bond donors (Lipinski definition) is 4. The van der Waals surface area contributed by atoms with Gasteiger partial charge in [0.1, 0.15) is 18.2 Å². The van der Waals surface area contributed by atoms with Gasteiger partial charge in [0.25, 0.3) is 5.91 Å². The third-order valence-corrected chi connectivity index (χ3v) is 6.45. The Hall–Kier alpha value is -3.86. The van der Waals surface area contributed by atoms with Gasteiger partial charge in [-0.1, -0.05) is 23.7 Å². The first-order chi connectivity index (χ1) is 17.4. The lowest BCUT2D eigenvalue weighted by Crippen LogP contribution is -2.29. The smallest absolute Gasteiger partial charge is 0.412 e. The van der Waals surface area contributed by atoms with E-state index in [1.54, 1.807) is 36.4 Å². The minimum Gasteiger partial charge on any atom is -0.489 e. The highest BCUT2D eigenvalue weighted by Gasteiger charge is 2.17. The van der Waals surface area contributed by atoms with Gasteiger partial charge in [-0.3, -0.25) is 4.79 Å². The Bertz CT molecular complexity index is 1430. The predicted octanol–water partition coefficient (Wildman–Crippen LogP) is 4.75. The molecule has 0 radical (unpaired) electrons. The molecule has 0 unspecified atom stereocenters. The van der Waals surface area contributed by atoms with E-state index < -0.39 is 6.09 Å². The molecule has 0 atom stereocenters. The number of carbonyl (C=O) groups is 2. The first-order valence-electron chi connectivity index (χ1n) is 10.9. The van der Waals surface area contributed by atoms with Crippen molar-refractivity contribution >= 4 is 56.5 Å². The molecule has 2 amide bonds. The van der Waals surface area contributed by atoms with Gasteiger partial charge in [0.05, 0.1) is 17.5 Å². The fourth-order valence-corrected chi connectivity index (χ4v) is 4.60. The Morgan fingerprint density at radius 2 is 2.03 bits per heavy atom. The van der Waals surface area contributed by atoms with Gasteiger partial charge >= 0.3 is 6.09 Å². The molecule has 4 aromatic rings. The fraction of sp³-hybridized carbons (Fsp3) is 0.160. The van der Waals surface area contributed by atoms with Crippen molar-refractivity contribution in [3.63, 3.8) is 0 Å². The number of carbonyl (C=O) groups excluding carboxylic acids is 2. The summed E-state index contributed by atoms with van der Waals surface area (Å²) in [5, 5.41) is 17.1. The molecule has 2 aromatic carbocycles. The number of nitrogens with two attached hydrogens (primary N) is 1. The number of halogens is 1. The van der Waals surface area contributed by atoms with Crippen molar-refractivity contribution in [2.45, 2.75) is 13.5 Å². The summed E-state index contributed by atoms with van der Waals surface area (Å²) in [5.41, 5.74) is 8.79. The monoisotopic (exact) mass is 526 g/mol. The number of benzene rings is 2. The van der Waals surface area contributed by atoms with Crippen molar-refractivity contribution in [3.05, 3.63) is 75.8 Å². The first-order valence-corrected chi connectivity index (χ1v) is 12.1. The minimum atomic E-state index is -0.699. The number of aromatic nitrogens is 1. The van der Waals surface area contributed by atoms with Gasteiger partial charge in [0.2, 0.25) is 0 Å². The molecule has 2 aromatic heterocycles. The van der Waals surface area contributed by atoms with E-state index in [0.717, 1.165) is 11.1 Å². The van der Waals surface area contributed by atoms with Crippen LogP contribution in [0.2, 0.25) is 5.02 Å². The van der Waals surface area contributed by atoms with Crippen LogP contribution >= 0.6 is 22.9 Å². The number of ether oxygens (including phenoxy) is 2. The standard InChI is InChI=1S/C25H23ClN4O5S/c1-14-5-6-18(30-24(32)15-3-2-4-17(26)9-15)10-19(14)34-12-16-13-36-22-20(11-29-23(27)21(16)22)35-25(33)28-7-8-31/h2-6,9-11,13,31H,7-8,12H2,1H3,(H2,27,29)(H,28,33)(H,30,32). The number of aliphatic hydroxyl groups excluding tert-OH is 1. The van der Waals surface area contributed by atoms with Crippen LogP contribution in [0.3, 0.4) is 0 Å². The first kappa shape index (κ1) is 25.2. The molecule has 0 aliphatic heterocycles. The van der Waals surface area contributed by atoms with Gasteiger partial charge in [-0.05, 0) is 42.1 Å². The highest BCUT2D eigenvalue weighted by Crippen LogP contribution is 2.37. The van der Waals surface area contributed by atoms with Crippen LogP contribution in [0.15, 0.2) is 54.0 Å². The molecule has 2 heterocycles. The zero-order valence-electron chi connectivity index (χ0n) is 19.2. The predicted molar refractivity (Wildman–Crippen MR) is 140 cm³/mol. The number of fused-ring (bicyclic) bond motifs is 1. The summed E-state index contributed by atoms with van der Waals surface area (Å²) in [5.74, 6) is 0.839. The molecule has 0 fully saturated rings. The quantitative estimate of drug-likeness (QED) is 0.260. The maximum absolute atomic E-state index is 12.6. The van der Waals surface area contributed by atoms with Crippen molar-refractivity contribution in [1.82, 2.24) is 10.3 Å². The SMILES string of the molecule is Cc1ccc(NC(=O)c2cccc(Cl)c2)cc1OCc1csc2c(OC(=O)NCCO)cnc(N)c12. The maximum Gasteiger partial charge on any atom is 0.412 e. The zero-order valence-corrected chi connectivity index (χ0v) is 20.8. The van der Waals surface area contributed by atoms with Crippen molar-refractivity contribution < 1.29 is 24.2 Å². The molecule has 4 rings (SSSR count). The molecular weight excluding hydrogens is 504 g/mol. The number of hydrogen-bond acceptors (Lipinski definition) is 8. The summed E-state index contributed by atoms with van der Waals surface area (Å²) in [6.45, 7) is 1.96. The molecular formula is C25H23ClN4O5S. The Morgan fingerprint density at radius 3 is 2.81 bits per heavy atom. The summed E-state index contributed by atoms with van der Waals surface area (Å²) in [6, 6.07) is 12.1. The molecule has 0 saturated carbocycles.